The van der Waals surface area contributed by atoms with Gasteiger partial charge in [-0.15, -0.1) is 0 Å². The van der Waals surface area contributed by atoms with Crippen LogP contribution in [0.1, 0.15) is 40.2 Å². The lowest BCUT2D eigenvalue weighted by Gasteiger charge is -2.11. The first-order valence-corrected chi connectivity index (χ1v) is 6.68. The van der Waals surface area contributed by atoms with E-state index in [0.29, 0.717) is 16.9 Å². The summed E-state index contributed by atoms with van der Waals surface area (Å²) in [4.78, 5) is 4.42. The predicted molar refractivity (Wildman–Crippen MR) is 73.8 cm³/mol. The van der Waals surface area contributed by atoms with Gasteiger partial charge in [0.1, 0.15) is 0 Å². The highest BCUT2D eigenvalue weighted by Gasteiger charge is 2.66. The molecule has 1 heterocycles. The molecule has 18 heavy (non-hydrogen) atoms. The number of nitrogens with zero attached hydrogens (tertiary/aromatic N) is 2. The van der Waals surface area contributed by atoms with Crippen molar-refractivity contribution in [2.45, 2.75) is 40.2 Å². The van der Waals surface area contributed by atoms with Crippen LogP contribution in [0.15, 0.2) is 12.4 Å². The van der Waals surface area contributed by atoms with Crippen molar-refractivity contribution in [2.75, 3.05) is 25.6 Å². The molecule has 0 amide bonds. The normalized spacial score (nSPS) is 20.9. The van der Waals surface area contributed by atoms with Gasteiger partial charge in [-0.1, -0.05) is 27.7 Å². The molecule has 1 aromatic rings. The van der Waals surface area contributed by atoms with Crippen LogP contribution in [0.3, 0.4) is 0 Å². The van der Waals surface area contributed by atoms with Crippen molar-refractivity contribution in [3.05, 3.63) is 12.4 Å². The van der Waals surface area contributed by atoms with Crippen molar-refractivity contribution >= 4 is 5.95 Å². The molecule has 0 radical (unpaired) electrons. The maximum absolute atomic E-state index is 5.05. The van der Waals surface area contributed by atoms with Crippen LogP contribution in [0.2, 0.25) is 0 Å². The Morgan fingerprint density at radius 2 is 2.00 bits per heavy atom. The van der Waals surface area contributed by atoms with Gasteiger partial charge in [-0.3, -0.25) is 0 Å². The van der Waals surface area contributed by atoms with E-state index < -0.39 is 0 Å². The summed E-state index contributed by atoms with van der Waals surface area (Å²) in [7, 11) is 1.73. The molecule has 0 aliphatic heterocycles. The van der Waals surface area contributed by atoms with Crippen molar-refractivity contribution < 1.29 is 4.74 Å². The predicted octanol–water partition coefficient (Wildman–Crippen LogP) is 2.94. The zero-order valence-electron chi connectivity index (χ0n) is 12.2. The number of aromatic nitrogens is 2. The van der Waals surface area contributed by atoms with Gasteiger partial charge in [-0.2, -0.15) is 0 Å². The van der Waals surface area contributed by atoms with E-state index in [1.807, 2.05) is 6.20 Å². The largest absolute Gasteiger partial charge is 0.385 e. The highest BCUT2D eigenvalue weighted by molar-refractivity contribution is 5.31. The number of ether oxygens (including phenoxy) is 1. The fourth-order valence-electron chi connectivity index (χ4n) is 2.93. The summed E-state index contributed by atoms with van der Waals surface area (Å²) in [5.74, 6) is 0.981. The Morgan fingerprint density at radius 1 is 1.33 bits per heavy atom. The molecule has 0 saturated heterocycles. The maximum Gasteiger partial charge on any atom is 0.203 e. The summed E-state index contributed by atoms with van der Waals surface area (Å²) in [6.07, 6.45) is 4.96. The van der Waals surface area contributed by atoms with Crippen LogP contribution in [0, 0.1) is 10.8 Å². The van der Waals surface area contributed by atoms with Crippen LogP contribution in [-0.2, 0) is 4.74 Å². The number of anilines is 1. The van der Waals surface area contributed by atoms with E-state index in [-0.39, 0.29) is 0 Å². The lowest BCUT2D eigenvalue weighted by molar-refractivity contribution is 0.197. The van der Waals surface area contributed by atoms with Crippen molar-refractivity contribution in [3.8, 4) is 0 Å². The standard InChI is InChI=1S/C14H25N3O/c1-13(2)11(14(13,3)4)17-9-8-16-12(17)15-7-6-10-18-5/h8-9,11H,6-7,10H2,1-5H3,(H,15,16). The number of hydrogen-bond acceptors (Lipinski definition) is 3. The minimum absolute atomic E-state index is 0.330. The molecule has 1 fully saturated rings. The second-order valence-corrected chi connectivity index (χ2v) is 6.28. The Morgan fingerprint density at radius 3 is 2.56 bits per heavy atom. The van der Waals surface area contributed by atoms with Crippen molar-refractivity contribution in [3.63, 3.8) is 0 Å². The Labute approximate surface area is 110 Å². The van der Waals surface area contributed by atoms with Gasteiger partial charge < -0.3 is 14.6 Å². The van der Waals surface area contributed by atoms with Crippen LogP contribution >= 0.6 is 0 Å². The third-order valence-corrected chi connectivity index (χ3v) is 4.70. The number of imidazole rings is 1. The molecular weight excluding hydrogens is 226 g/mol. The average molecular weight is 251 g/mol. The van der Waals surface area contributed by atoms with E-state index in [0.717, 1.165) is 25.5 Å². The molecular formula is C14H25N3O. The molecule has 0 spiro atoms. The Kier molecular flexibility index (Phi) is 3.41. The van der Waals surface area contributed by atoms with Gasteiger partial charge >= 0.3 is 0 Å². The quantitative estimate of drug-likeness (QED) is 0.790. The van der Waals surface area contributed by atoms with Crippen molar-refractivity contribution in [1.29, 1.82) is 0 Å². The highest BCUT2D eigenvalue weighted by atomic mass is 16.5. The molecule has 0 bridgehead atoms. The Bertz CT molecular complexity index is 395. The van der Waals surface area contributed by atoms with Crippen LogP contribution in [0.5, 0.6) is 0 Å². The third kappa shape index (κ3) is 2.03. The molecule has 2 rings (SSSR count). The molecule has 1 saturated carbocycles. The summed E-state index contributed by atoms with van der Waals surface area (Å²) >= 11 is 0. The van der Waals surface area contributed by atoms with E-state index >= 15 is 0 Å². The molecule has 0 unspecified atom stereocenters. The number of rotatable bonds is 6. The van der Waals surface area contributed by atoms with Gasteiger partial charge in [0.05, 0.1) is 0 Å². The van der Waals surface area contributed by atoms with Gasteiger partial charge in [0, 0.05) is 38.7 Å². The molecule has 1 aliphatic carbocycles. The van der Waals surface area contributed by atoms with Gasteiger partial charge in [0.2, 0.25) is 5.95 Å². The number of methoxy groups -OCH3 is 1. The second kappa shape index (κ2) is 4.57. The molecule has 1 aliphatic rings. The summed E-state index contributed by atoms with van der Waals surface area (Å²) in [5, 5.41) is 3.40. The molecule has 0 atom stereocenters. The summed E-state index contributed by atoms with van der Waals surface area (Å²) < 4.78 is 7.33. The second-order valence-electron chi connectivity index (χ2n) is 6.28. The molecule has 102 valence electrons. The monoisotopic (exact) mass is 251 g/mol. The van der Waals surface area contributed by atoms with Gasteiger partial charge in [-0.05, 0) is 17.3 Å². The van der Waals surface area contributed by atoms with Crippen LogP contribution in [0.4, 0.5) is 5.95 Å². The fraction of sp³-hybridized carbons (Fsp3) is 0.786. The van der Waals surface area contributed by atoms with E-state index in [4.69, 9.17) is 4.74 Å². The minimum atomic E-state index is 0.330. The van der Waals surface area contributed by atoms with E-state index in [1.54, 1.807) is 7.11 Å². The van der Waals surface area contributed by atoms with E-state index in [2.05, 4.69) is 48.8 Å². The van der Waals surface area contributed by atoms with Gasteiger partial charge in [0.15, 0.2) is 0 Å². The topological polar surface area (TPSA) is 39.1 Å². The first kappa shape index (κ1) is 13.4. The van der Waals surface area contributed by atoms with Crippen LogP contribution in [-0.4, -0.2) is 29.8 Å². The SMILES string of the molecule is COCCCNc1nccn1C1C(C)(C)C1(C)C. The number of nitrogens with one attached hydrogen (secondary N) is 1. The highest BCUT2D eigenvalue weighted by Crippen LogP contribution is 2.71. The van der Waals surface area contributed by atoms with Crippen molar-refractivity contribution in [1.82, 2.24) is 9.55 Å². The lowest BCUT2D eigenvalue weighted by atomic mass is 10.0. The maximum atomic E-state index is 5.05. The Balaban J connectivity index is 2.01. The van der Waals surface area contributed by atoms with Gasteiger partial charge in [0.25, 0.3) is 0 Å². The van der Waals surface area contributed by atoms with E-state index in [1.165, 1.54) is 0 Å². The smallest absolute Gasteiger partial charge is 0.203 e. The van der Waals surface area contributed by atoms with Crippen LogP contribution < -0.4 is 5.32 Å². The Hall–Kier alpha value is -1.03. The first-order valence-electron chi connectivity index (χ1n) is 6.68. The fourth-order valence-corrected chi connectivity index (χ4v) is 2.93. The molecule has 4 nitrogen and oxygen atoms in total. The van der Waals surface area contributed by atoms with Crippen molar-refractivity contribution in [2.24, 2.45) is 10.8 Å². The van der Waals surface area contributed by atoms with Crippen LogP contribution in [0.25, 0.3) is 0 Å². The number of hydrogen-bond donors (Lipinski definition) is 1. The lowest BCUT2D eigenvalue weighted by Crippen LogP contribution is -2.11. The average Bonchev–Trinajstić information content (AvgIpc) is 2.66. The molecule has 1 N–H and O–H groups in total. The molecule has 4 heteroatoms. The molecule has 0 aromatic carbocycles. The zero-order valence-corrected chi connectivity index (χ0v) is 12.2. The van der Waals surface area contributed by atoms with E-state index in [9.17, 15) is 0 Å². The zero-order chi connectivity index (χ0) is 13.4. The third-order valence-electron chi connectivity index (χ3n) is 4.70. The first-order chi connectivity index (χ1) is 8.43. The summed E-state index contributed by atoms with van der Waals surface area (Å²) in [5.41, 5.74) is 0.660. The van der Waals surface area contributed by atoms with Gasteiger partial charge in [-0.25, -0.2) is 4.98 Å². The summed E-state index contributed by atoms with van der Waals surface area (Å²) in [6, 6.07) is 0.525. The molecule has 1 aromatic heterocycles. The summed E-state index contributed by atoms with van der Waals surface area (Å²) in [6.45, 7) is 11.0. The minimum Gasteiger partial charge on any atom is -0.385 e.